The highest BCUT2D eigenvalue weighted by Crippen LogP contribution is 2.29. The van der Waals surface area contributed by atoms with E-state index in [1.54, 1.807) is 0 Å². The fourth-order valence-corrected chi connectivity index (χ4v) is 2.58. The lowest BCUT2D eigenvalue weighted by molar-refractivity contribution is -0.154. The number of aromatic carboxylic acids is 1. The van der Waals surface area contributed by atoms with Crippen molar-refractivity contribution in [2.75, 3.05) is 33.5 Å². The monoisotopic (exact) mass is 649 g/mol. The Kier molecular flexibility index (Phi) is 12.6. The molecule has 20 heteroatoms. The molecule has 242 valence electrons. The lowest BCUT2D eigenvalue weighted by Gasteiger charge is -2.14. The van der Waals surface area contributed by atoms with Crippen LogP contribution in [0.25, 0.3) is 0 Å². The molecular formula is C23H19F12NO7. The van der Waals surface area contributed by atoms with Crippen molar-refractivity contribution in [3.63, 3.8) is 0 Å². The summed E-state index contributed by atoms with van der Waals surface area (Å²) in [7, 11) is 1.21. The van der Waals surface area contributed by atoms with Crippen molar-refractivity contribution < 1.29 is 86.3 Å². The first-order valence-corrected chi connectivity index (χ1v) is 11.0. The lowest BCUT2D eigenvalue weighted by Crippen LogP contribution is -2.23. The summed E-state index contributed by atoms with van der Waals surface area (Å²) in [6.45, 7) is -6.62. The van der Waals surface area contributed by atoms with Crippen molar-refractivity contribution in [2.24, 2.45) is 0 Å². The van der Waals surface area contributed by atoms with E-state index in [4.69, 9.17) is 5.11 Å². The van der Waals surface area contributed by atoms with Crippen LogP contribution in [0.4, 0.5) is 52.7 Å². The number of halogens is 12. The molecule has 8 nitrogen and oxygen atoms in total. The molecule has 0 atom stereocenters. The van der Waals surface area contributed by atoms with Crippen LogP contribution in [0.5, 0.6) is 23.0 Å². The molecule has 0 radical (unpaired) electrons. The first kappa shape index (κ1) is 36.8. The molecule has 2 aromatic rings. The maximum Gasteiger partial charge on any atom is 0.422 e. The van der Waals surface area contributed by atoms with E-state index in [0.29, 0.717) is 6.07 Å². The summed E-state index contributed by atoms with van der Waals surface area (Å²) in [6.07, 6.45) is -18.5. The number of alkyl halides is 12. The van der Waals surface area contributed by atoms with Gasteiger partial charge in [0.15, 0.2) is 26.4 Å². The van der Waals surface area contributed by atoms with Gasteiger partial charge in [-0.3, -0.25) is 4.79 Å². The van der Waals surface area contributed by atoms with Crippen LogP contribution in [-0.4, -0.2) is 75.2 Å². The van der Waals surface area contributed by atoms with Gasteiger partial charge < -0.3 is 29.4 Å². The molecule has 0 saturated carbocycles. The van der Waals surface area contributed by atoms with Crippen LogP contribution in [0.3, 0.4) is 0 Å². The first-order chi connectivity index (χ1) is 19.5. The molecule has 43 heavy (non-hydrogen) atoms. The first-order valence-electron chi connectivity index (χ1n) is 11.0. The molecule has 0 fully saturated rings. The number of ether oxygens (including phenoxy) is 4. The molecule has 2 N–H and O–H groups in total. The molecule has 0 bridgehead atoms. The molecule has 0 aliphatic heterocycles. The van der Waals surface area contributed by atoms with Crippen molar-refractivity contribution in [1.29, 1.82) is 0 Å². The Morgan fingerprint density at radius 3 is 1.26 bits per heavy atom. The van der Waals surface area contributed by atoms with Gasteiger partial charge in [-0.2, -0.15) is 52.7 Å². The van der Waals surface area contributed by atoms with E-state index in [1.165, 1.54) is 7.05 Å². The number of carbonyl (C=O) groups is 2. The molecule has 1 amide bonds. The van der Waals surface area contributed by atoms with Gasteiger partial charge in [0.1, 0.15) is 28.6 Å². The summed E-state index contributed by atoms with van der Waals surface area (Å²) in [5.41, 5.74) is -1.11. The zero-order chi connectivity index (χ0) is 33.2. The molecular weight excluding hydrogens is 630 g/mol. The minimum atomic E-state index is -4.68. The third-order valence-electron chi connectivity index (χ3n) is 4.19. The van der Waals surface area contributed by atoms with Gasteiger partial charge in [0.2, 0.25) is 0 Å². The summed E-state index contributed by atoms with van der Waals surface area (Å²) in [4.78, 5) is 22.4. The van der Waals surface area contributed by atoms with Crippen LogP contribution in [0.1, 0.15) is 20.7 Å². The molecule has 0 saturated heterocycles. The maximum atomic E-state index is 12.1. The fourth-order valence-electron chi connectivity index (χ4n) is 2.58. The Morgan fingerprint density at radius 2 is 0.930 bits per heavy atom. The number of carboxylic acid groups (broad SMARTS) is 1. The van der Waals surface area contributed by atoms with Crippen molar-refractivity contribution in [2.45, 2.75) is 24.7 Å². The fraction of sp³-hybridized carbons (Fsp3) is 0.391. The molecule has 2 rings (SSSR count). The number of hydrogen-bond donors (Lipinski definition) is 2. The minimum Gasteiger partial charge on any atom is -0.484 e. The van der Waals surface area contributed by atoms with Crippen LogP contribution in [0.2, 0.25) is 0 Å². The molecule has 0 aliphatic carbocycles. The molecule has 0 heterocycles. The summed E-state index contributed by atoms with van der Waals surface area (Å²) in [6, 6.07) is 5.10. The molecule has 0 aliphatic rings. The van der Waals surface area contributed by atoms with Crippen LogP contribution in [0.15, 0.2) is 36.4 Å². The number of amides is 1. The Bertz CT molecular complexity index is 1230. The second kappa shape index (κ2) is 14.8. The van der Waals surface area contributed by atoms with E-state index in [0.717, 1.165) is 30.3 Å². The van der Waals surface area contributed by atoms with Gasteiger partial charge in [-0.25, -0.2) is 4.79 Å². The van der Waals surface area contributed by atoms with Gasteiger partial charge in [0.05, 0.1) is 5.56 Å². The molecule has 0 spiro atoms. The predicted molar refractivity (Wildman–Crippen MR) is 119 cm³/mol. The van der Waals surface area contributed by atoms with Gasteiger partial charge in [-0.15, -0.1) is 0 Å². The maximum absolute atomic E-state index is 12.1. The van der Waals surface area contributed by atoms with Gasteiger partial charge in [-0.05, 0) is 36.4 Å². The highest BCUT2D eigenvalue weighted by molar-refractivity contribution is 5.97. The van der Waals surface area contributed by atoms with Crippen molar-refractivity contribution in [3.05, 3.63) is 47.5 Å². The largest absolute Gasteiger partial charge is 0.484 e. The Morgan fingerprint density at radius 1 is 0.605 bits per heavy atom. The molecule has 2 aromatic carbocycles. The third-order valence-corrected chi connectivity index (χ3v) is 4.19. The van der Waals surface area contributed by atoms with E-state index in [-0.39, 0.29) is 11.3 Å². The second-order valence-electron chi connectivity index (χ2n) is 7.82. The summed E-state index contributed by atoms with van der Waals surface area (Å²) in [5.74, 6) is -4.31. The Balaban J connectivity index is 0.000000430. The van der Waals surface area contributed by atoms with Crippen LogP contribution in [-0.2, 0) is 0 Å². The van der Waals surface area contributed by atoms with E-state index in [1.807, 2.05) is 0 Å². The predicted octanol–water partition coefficient (Wildman–Crippen LogP) is 6.20. The number of hydrogen-bond acceptors (Lipinski definition) is 6. The summed E-state index contributed by atoms with van der Waals surface area (Å²) >= 11 is 0. The van der Waals surface area contributed by atoms with Crippen LogP contribution in [0, 0.1) is 0 Å². The van der Waals surface area contributed by atoms with Crippen LogP contribution < -0.4 is 24.3 Å². The highest BCUT2D eigenvalue weighted by atomic mass is 19.4. The molecule has 0 unspecified atom stereocenters. The van der Waals surface area contributed by atoms with Gasteiger partial charge in [0.25, 0.3) is 5.91 Å². The van der Waals surface area contributed by atoms with Gasteiger partial charge in [-0.1, -0.05) is 0 Å². The molecule has 0 aromatic heterocycles. The van der Waals surface area contributed by atoms with Gasteiger partial charge >= 0.3 is 30.7 Å². The number of benzene rings is 2. The van der Waals surface area contributed by atoms with Crippen molar-refractivity contribution >= 4 is 11.9 Å². The second-order valence-corrected chi connectivity index (χ2v) is 7.82. The zero-order valence-electron chi connectivity index (χ0n) is 21.2. The standard InChI is InChI=1S/C12H11F6NO3.C11H8F6O4/c1-19-10(20)8-4-7(21-5-11(13,14)15)2-3-9(8)22-6-12(16,17)18;12-10(13,14)4-20-6-1-2-8(7(3-6)9(18)19)21-5-11(15,16)17/h2-4H,5-6H2,1H3,(H,19,20);1-3H,4-5H2,(H,18,19). The van der Waals surface area contributed by atoms with Crippen molar-refractivity contribution in [1.82, 2.24) is 5.32 Å². The summed E-state index contributed by atoms with van der Waals surface area (Å²) < 4.78 is 162. The zero-order valence-corrected chi connectivity index (χ0v) is 21.2. The number of rotatable bonds is 10. The third kappa shape index (κ3) is 15.5. The van der Waals surface area contributed by atoms with E-state index in [9.17, 15) is 62.3 Å². The highest BCUT2D eigenvalue weighted by Gasteiger charge is 2.32. The normalized spacial score (nSPS) is 12.0. The number of carboxylic acids is 1. The minimum absolute atomic E-state index is 0.324. The quantitative estimate of drug-likeness (QED) is 0.296. The Hall–Kier alpha value is -4.26. The van der Waals surface area contributed by atoms with E-state index >= 15 is 0 Å². The topological polar surface area (TPSA) is 103 Å². The number of carbonyl (C=O) groups excluding carboxylic acids is 1. The number of nitrogens with one attached hydrogen (secondary N) is 1. The smallest absolute Gasteiger partial charge is 0.422 e. The average Bonchev–Trinajstić information content (AvgIpc) is 2.86. The lowest BCUT2D eigenvalue weighted by atomic mass is 10.1. The SMILES string of the molecule is CNC(=O)c1cc(OCC(F)(F)F)ccc1OCC(F)(F)F.O=C(O)c1cc(OCC(F)(F)F)ccc1OCC(F)(F)F. The van der Waals surface area contributed by atoms with E-state index in [2.05, 4.69) is 24.3 Å². The van der Waals surface area contributed by atoms with Crippen molar-refractivity contribution in [3.8, 4) is 23.0 Å². The van der Waals surface area contributed by atoms with Crippen LogP contribution >= 0.6 is 0 Å². The van der Waals surface area contributed by atoms with Gasteiger partial charge in [0, 0.05) is 7.05 Å². The summed E-state index contributed by atoms with van der Waals surface area (Å²) in [5, 5.41) is 10.9. The average molecular weight is 649 g/mol. The Labute approximate surface area is 233 Å². The van der Waals surface area contributed by atoms with E-state index < -0.39 is 85.8 Å².